The van der Waals surface area contributed by atoms with E-state index in [0.29, 0.717) is 44.8 Å². The predicted octanol–water partition coefficient (Wildman–Crippen LogP) is 15.8. The molecule has 0 aliphatic carbocycles. The molecule has 312 valence electrons. The van der Waals surface area contributed by atoms with Crippen LogP contribution in [-0.2, 0) is 10.8 Å². The molecular weight excluding hydrogens is 767 g/mol. The summed E-state index contributed by atoms with van der Waals surface area (Å²) in [7, 11) is 0. The molecule has 2 heterocycles. The maximum absolute atomic E-state index is 11.5. The maximum atomic E-state index is 11.5. The summed E-state index contributed by atoms with van der Waals surface area (Å²) >= 11 is 0. The van der Waals surface area contributed by atoms with Gasteiger partial charge in [-0.1, -0.05) is 164 Å². The SMILES string of the molecule is [2H]c1c([2H])c(C(C([2H])([2H])[2H])(C([2H])([2H])[2H])C([2H])([2H])[2H])c([2H])c([2H])c1-c1ccnc(-c2cc(-c3ccccc3)cc(-c3cccc4c3nc(-c3ccccc3O)n4-c3ccc(C([2H])(C)C)cc3-c3ccc(C(C)(C)C)cc3)c2)c1. The van der Waals surface area contributed by atoms with Crippen molar-refractivity contribution in [1.82, 2.24) is 14.5 Å². The minimum atomic E-state index is -3.82. The van der Waals surface area contributed by atoms with Gasteiger partial charge in [0.05, 0.1) is 33.5 Å². The maximum Gasteiger partial charge on any atom is 0.149 e. The van der Waals surface area contributed by atoms with Crippen molar-refractivity contribution in [2.45, 2.75) is 71.9 Å². The van der Waals surface area contributed by atoms with Gasteiger partial charge in [-0.2, -0.15) is 0 Å². The highest BCUT2D eigenvalue weighted by molar-refractivity contribution is 5.98. The van der Waals surface area contributed by atoms with Crippen LogP contribution < -0.4 is 0 Å². The van der Waals surface area contributed by atoms with Crippen molar-refractivity contribution in [3.05, 3.63) is 193 Å². The molecule has 0 saturated carbocycles. The molecule has 9 rings (SSSR count). The fraction of sp³-hybridized carbons (Fsp3) is 0.186. The highest BCUT2D eigenvalue weighted by Crippen LogP contribution is 2.42. The number of para-hydroxylation sites is 2. The predicted molar refractivity (Wildman–Crippen MR) is 265 cm³/mol. The molecule has 0 amide bonds. The van der Waals surface area contributed by atoms with Gasteiger partial charge in [-0.3, -0.25) is 9.55 Å². The molecule has 2 aromatic heterocycles. The summed E-state index contributed by atoms with van der Waals surface area (Å²) in [6.45, 7) is -1.26. The first kappa shape index (κ1) is 27.8. The minimum Gasteiger partial charge on any atom is -0.507 e. The Balaban J connectivity index is 1.28. The van der Waals surface area contributed by atoms with E-state index < -0.39 is 61.6 Å². The number of phenols is 1. The number of nitrogens with zero attached hydrogens (tertiary/aromatic N) is 3. The lowest BCUT2D eigenvalue weighted by Crippen LogP contribution is -2.10. The number of phenolic OH excluding ortho intramolecular Hbond substituents is 1. The molecule has 0 saturated heterocycles. The fourth-order valence-electron chi connectivity index (χ4n) is 7.96. The summed E-state index contributed by atoms with van der Waals surface area (Å²) in [5, 5.41) is 11.5. The number of rotatable bonds is 8. The van der Waals surface area contributed by atoms with Gasteiger partial charge in [0.25, 0.3) is 0 Å². The van der Waals surface area contributed by atoms with Crippen molar-refractivity contribution in [2.75, 3.05) is 0 Å². The standard InChI is InChI=1S/C59H55N3O/c1-38(2)42-25-30-53(51(36-42)41-23-28-48(29-24-41)59(6,7)8)62-54-19-14-18-49(56(54)61-57(62)50-17-12-13-20-55(50)63)45-33-44(39-15-10-9-11-16-39)34-46(35-45)52-37-43(31-32-60-52)40-21-26-47(27-22-40)58(3,4)5/h9-38,63H,1-8H3/i3D3,4D3,5D3,21D,22D,26D,27D,38D. The number of pyridine rings is 1. The quantitative estimate of drug-likeness (QED) is 0.166. The van der Waals surface area contributed by atoms with Crippen molar-refractivity contribution in [2.24, 2.45) is 0 Å². The summed E-state index contributed by atoms with van der Waals surface area (Å²) in [6, 6.07) is 41.9. The first-order valence-corrected chi connectivity index (χ1v) is 20.8. The second-order valence-electron chi connectivity index (χ2n) is 17.1. The van der Waals surface area contributed by atoms with Crippen LogP contribution in [0.1, 0.15) is 96.9 Å². The summed E-state index contributed by atoms with van der Waals surface area (Å²) in [5.41, 5.74) is 4.94. The molecule has 0 aliphatic rings. The van der Waals surface area contributed by atoms with Crippen LogP contribution in [0.5, 0.6) is 5.75 Å². The second kappa shape index (κ2) is 16.3. The third kappa shape index (κ3) is 8.22. The van der Waals surface area contributed by atoms with Crippen molar-refractivity contribution in [3.63, 3.8) is 0 Å². The molecule has 0 radical (unpaired) electrons. The van der Waals surface area contributed by atoms with E-state index in [-0.39, 0.29) is 22.3 Å². The van der Waals surface area contributed by atoms with Crippen LogP contribution in [0.4, 0.5) is 0 Å². The lowest BCUT2D eigenvalue weighted by atomic mass is 9.86. The molecule has 1 N–H and O–H groups in total. The normalized spacial score (nSPS) is 16.0. The van der Waals surface area contributed by atoms with Crippen molar-refractivity contribution >= 4 is 11.0 Å². The van der Waals surface area contributed by atoms with Crippen LogP contribution >= 0.6 is 0 Å². The highest BCUT2D eigenvalue weighted by atomic mass is 16.3. The van der Waals surface area contributed by atoms with E-state index in [0.717, 1.165) is 39.1 Å². The van der Waals surface area contributed by atoms with Gasteiger partial charge in [0.1, 0.15) is 11.6 Å². The van der Waals surface area contributed by atoms with Crippen LogP contribution in [0.15, 0.2) is 176 Å². The van der Waals surface area contributed by atoms with E-state index in [2.05, 4.69) is 45.0 Å². The van der Waals surface area contributed by atoms with Crippen molar-refractivity contribution in [3.8, 4) is 78.6 Å². The Labute approximate surface area is 392 Å². The molecule has 0 atom stereocenters. The summed E-state index contributed by atoms with van der Waals surface area (Å²) < 4.78 is 122. The number of fused-ring (bicyclic) bond motifs is 1. The van der Waals surface area contributed by atoms with E-state index in [9.17, 15) is 5.11 Å². The number of hydrogen-bond donors (Lipinski definition) is 1. The van der Waals surface area contributed by atoms with Crippen molar-refractivity contribution < 1.29 is 24.3 Å². The van der Waals surface area contributed by atoms with Crippen LogP contribution in [0.25, 0.3) is 83.9 Å². The molecule has 0 bridgehead atoms. The first-order chi connectivity index (χ1) is 36.0. The zero-order valence-corrected chi connectivity index (χ0v) is 35.7. The Hall–Kier alpha value is -7.04. The number of aromatic nitrogens is 3. The number of imidazole rings is 1. The topological polar surface area (TPSA) is 50.9 Å². The minimum absolute atomic E-state index is 0.0208. The van der Waals surface area contributed by atoms with Crippen LogP contribution in [-0.4, -0.2) is 19.6 Å². The second-order valence-corrected chi connectivity index (χ2v) is 17.1. The van der Waals surface area contributed by atoms with E-state index in [4.69, 9.17) is 29.2 Å². The summed E-state index contributed by atoms with van der Waals surface area (Å²) in [6.07, 6.45) is 1.42. The number of aromatic hydroxyl groups is 1. The third-order valence-electron chi connectivity index (χ3n) is 11.4. The van der Waals surface area contributed by atoms with E-state index in [1.165, 1.54) is 12.3 Å². The molecule has 9 aromatic rings. The lowest BCUT2D eigenvalue weighted by molar-refractivity contribution is 0.477. The Bertz CT molecular complexity index is 3670. The van der Waals surface area contributed by atoms with E-state index in [1.54, 1.807) is 18.2 Å². The molecule has 7 aromatic carbocycles. The van der Waals surface area contributed by atoms with Gasteiger partial charge in [0.2, 0.25) is 0 Å². The highest BCUT2D eigenvalue weighted by Gasteiger charge is 2.24. The lowest BCUT2D eigenvalue weighted by Gasteiger charge is -2.21. The smallest absolute Gasteiger partial charge is 0.149 e. The average Bonchev–Trinajstić information content (AvgIpc) is 3.75. The molecule has 0 unspecified atom stereocenters. The zero-order valence-electron chi connectivity index (χ0n) is 49.7. The van der Waals surface area contributed by atoms with Gasteiger partial charge in [-0.05, 0) is 127 Å². The van der Waals surface area contributed by atoms with Crippen molar-refractivity contribution in [1.29, 1.82) is 0 Å². The molecule has 4 nitrogen and oxygen atoms in total. The van der Waals surface area contributed by atoms with Gasteiger partial charge < -0.3 is 5.11 Å². The number of hydrogen-bond acceptors (Lipinski definition) is 3. The van der Waals surface area contributed by atoms with E-state index >= 15 is 0 Å². The number of benzene rings is 7. The Morgan fingerprint density at radius 1 is 0.571 bits per heavy atom. The Morgan fingerprint density at radius 3 is 1.98 bits per heavy atom. The molecule has 4 heteroatoms. The van der Waals surface area contributed by atoms with Gasteiger partial charge in [-0.25, -0.2) is 4.98 Å². The summed E-state index contributed by atoms with van der Waals surface area (Å²) in [4.78, 5) is 10.1. The third-order valence-corrected chi connectivity index (χ3v) is 11.4. The van der Waals surface area contributed by atoms with Gasteiger partial charge in [-0.15, -0.1) is 0 Å². The zero-order chi connectivity index (χ0) is 55.9. The van der Waals surface area contributed by atoms with Crippen LogP contribution in [0, 0.1) is 0 Å². The average molecular weight is 836 g/mol. The molecule has 0 fully saturated rings. The van der Waals surface area contributed by atoms with Crippen LogP contribution in [0.2, 0.25) is 0 Å². The fourth-order valence-corrected chi connectivity index (χ4v) is 7.96. The van der Waals surface area contributed by atoms with Gasteiger partial charge in [0.15, 0.2) is 0 Å². The van der Waals surface area contributed by atoms with Gasteiger partial charge >= 0.3 is 0 Å². The van der Waals surface area contributed by atoms with Crippen LogP contribution in [0.3, 0.4) is 0 Å². The largest absolute Gasteiger partial charge is 0.507 e. The Morgan fingerprint density at radius 2 is 1.27 bits per heavy atom. The first-order valence-electron chi connectivity index (χ1n) is 27.8. The summed E-state index contributed by atoms with van der Waals surface area (Å²) in [5.74, 6) is -0.444. The molecule has 0 spiro atoms. The van der Waals surface area contributed by atoms with E-state index in [1.807, 2.05) is 115 Å². The molecule has 0 aliphatic heterocycles. The molecule has 63 heavy (non-hydrogen) atoms. The monoisotopic (exact) mass is 836 g/mol. The van der Waals surface area contributed by atoms with Gasteiger partial charge in [0, 0.05) is 36.6 Å². The molecular formula is C59H55N3O. The Kier molecular flexibility index (Phi) is 7.21.